The maximum Gasteiger partial charge on any atom is 0.306 e. The predicted octanol–water partition coefficient (Wildman–Crippen LogP) is 3.57. The predicted molar refractivity (Wildman–Crippen MR) is 92.8 cm³/mol. The zero-order valence-electron chi connectivity index (χ0n) is 14.4. The molecular formula is C20H27NO3. The summed E-state index contributed by atoms with van der Waals surface area (Å²) >= 11 is 0. The fraction of sp³-hybridized carbons (Fsp3) is 0.600. The van der Waals surface area contributed by atoms with Crippen LogP contribution in [0.5, 0.6) is 0 Å². The van der Waals surface area contributed by atoms with E-state index in [2.05, 4.69) is 30.4 Å². The third-order valence-electron chi connectivity index (χ3n) is 5.87. The molecule has 1 amide bonds. The molecule has 24 heavy (non-hydrogen) atoms. The molecule has 0 spiro atoms. The van der Waals surface area contributed by atoms with Gasteiger partial charge < -0.3 is 10.4 Å². The van der Waals surface area contributed by atoms with Gasteiger partial charge in [0.25, 0.3) is 0 Å². The highest BCUT2D eigenvalue weighted by Crippen LogP contribution is 2.42. The van der Waals surface area contributed by atoms with Gasteiger partial charge in [0, 0.05) is 6.04 Å². The second-order valence-electron chi connectivity index (χ2n) is 7.52. The summed E-state index contributed by atoms with van der Waals surface area (Å²) in [5.74, 6) is -0.799. The molecule has 4 nitrogen and oxygen atoms in total. The van der Waals surface area contributed by atoms with Crippen LogP contribution in [0.3, 0.4) is 0 Å². The van der Waals surface area contributed by atoms with Gasteiger partial charge in [-0.1, -0.05) is 42.7 Å². The van der Waals surface area contributed by atoms with Crippen LogP contribution in [0.25, 0.3) is 0 Å². The van der Waals surface area contributed by atoms with Crippen molar-refractivity contribution in [2.75, 3.05) is 0 Å². The van der Waals surface area contributed by atoms with Gasteiger partial charge in [0.2, 0.25) is 5.91 Å². The average Bonchev–Trinajstić information content (AvgIpc) is 3.06. The van der Waals surface area contributed by atoms with Crippen molar-refractivity contribution in [2.45, 2.75) is 69.7 Å². The summed E-state index contributed by atoms with van der Waals surface area (Å²) < 4.78 is 0. The Hall–Kier alpha value is -1.84. The minimum atomic E-state index is -0.702. The van der Waals surface area contributed by atoms with Crippen LogP contribution >= 0.6 is 0 Å². The molecule has 130 valence electrons. The summed E-state index contributed by atoms with van der Waals surface area (Å²) in [6.45, 7) is 2.07. The first-order chi connectivity index (χ1) is 11.5. The van der Waals surface area contributed by atoms with Gasteiger partial charge in [-0.3, -0.25) is 9.59 Å². The van der Waals surface area contributed by atoms with Crippen LogP contribution in [0.4, 0.5) is 0 Å². The standard InChI is InChI=1S/C20H27NO3/c1-14-5-4-6-16(13-14)20(11-2-3-12-20)19(24)21-17-9-7-15(8-10-17)18(22)23/h4-6,13,15,17H,2-3,7-12H2,1H3,(H,21,24)(H,22,23). The smallest absolute Gasteiger partial charge is 0.306 e. The van der Waals surface area contributed by atoms with Gasteiger partial charge in [0.05, 0.1) is 11.3 Å². The number of aryl methyl sites for hydroxylation is 1. The van der Waals surface area contributed by atoms with E-state index >= 15 is 0 Å². The molecule has 1 aromatic carbocycles. The Morgan fingerprint density at radius 1 is 1.12 bits per heavy atom. The molecule has 0 atom stereocenters. The molecule has 4 heteroatoms. The molecule has 0 aromatic heterocycles. The first-order valence-corrected chi connectivity index (χ1v) is 9.12. The Morgan fingerprint density at radius 3 is 2.38 bits per heavy atom. The molecule has 0 bridgehead atoms. The van der Waals surface area contributed by atoms with Crippen molar-refractivity contribution in [1.29, 1.82) is 0 Å². The molecule has 2 aliphatic rings. The van der Waals surface area contributed by atoms with Gasteiger partial charge in [0.1, 0.15) is 0 Å². The van der Waals surface area contributed by atoms with Crippen molar-refractivity contribution in [2.24, 2.45) is 5.92 Å². The van der Waals surface area contributed by atoms with Crippen LogP contribution < -0.4 is 5.32 Å². The molecule has 0 aliphatic heterocycles. The summed E-state index contributed by atoms with van der Waals surface area (Å²) in [5.41, 5.74) is 1.93. The van der Waals surface area contributed by atoms with Crippen molar-refractivity contribution in [3.05, 3.63) is 35.4 Å². The molecule has 3 rings (SSSR count). The van der Waals surface area contributed by atoms with E-state index in [4.69, 9.17) is 5.11 Å². The van der Waals surface area contributed by atoms with Crippen LogP contribution in [0.2, 0.25) is 0 Å². The van der Waals surface area contributed by atoms with Crippen LogP contribution in [-0.4, -0.2) is 23.0 Å². The Labute approximate surface area is 143 Å². The number of aliphatic carboxylic acids is 1. The van der Waals surface area contributed by atoms with E-state index in [1.165, 1.54) is 5.56 Å². The summed E-state index contributed by atoms with van der Waals surface area (Å²) in [6, 6.07) is 8.45. The average molecular weight is 329 g/mol. The van der Waals surface area contributed by atoms with Gasteiger partial charge >= 0.3 is 5.97 Å². The van der Waals surface area contributed by atoms with Crippen molar-refractivity contribution < 1.29 is 14.7 Å². The van der Waals surface area contributed by atoms with E-state index in [9.17, 15) is 9.59 Å². The normalized spacial score (nSPS) is 26.0. The molecular weight excluding hydrogens is 302 g/mol. The van der Waals surface area contributed by atoms with Crippen LogP contribution in [0, 0.1) is 12.8 Å². The SMILES string of the molecule is Cc1cccc(C2(C(=O)NC3CCC(C(=O)O)CC3)CCCC2)c1. The Kier molecular flexibility index (Phi) is 4.93. The number of hydrogen-bond donors (Lipinski definition) is 2. The van der Waals surface area contributed by atoms with Crippen LogP contribution in [-0.2, 0) is 15.0 Å². The quantitative estimate of drug-likeness (QED) is 0.887. The lowest BCUT2D eigenvalue weighted by atomic mass is 9.76. The number of hydrogen-bond acceptors (Lipinski definition) is 2. The maximum absolute atomic E-state index is 13.1. The third-order valence-corrected chi connectivity index (χ3v) is 5.87. The highest BCUT2D eigenvalue weighted by Gasteiger charge is 2.43. The first-order valence-electron chi connectivity index (χ1n) is 9.12. The molecule has 2 fully saturated rings. The number of amides is 1. The number of carboxylic acids is 1. The van der Waals surface area contributed by atoms with E-state index in [-0.39, 0.29) is 17.9 Å². The number of nitrogens with one attached hydrogen (secondary N) is 1. The largest absolute Gasteiger partial charge is 0.481 e. The second kappa shape index (κ2) is 6.96. The van der Waals surface area contributed by atoms with Crippen LogP contribution in [0.15, 0.2) is 24.3 Å². The maximum atomic E-state index is 13.1. The van der Waals surface area contributed by atoms with Gasteiger partial charge in [-0.15, -0.1) is 0 Å². The molecule has 2 N–H and O–H groups in total. The lowest BCUT2D eigenvalue weighted by Gasteiger charge is -2.33. The zero-order valence-corrected chi connectivity index (χ0v) is 14.4. The highest BCUT2D eigenvalue weighted by molar-refractivity contribution is 5.89. The minimum absolute atomic E-state index is 0.121. The Balaban J connectivity index is 1.71. The van der Waals surface area contributed by atoms with Gasteiger partial charge in [-0.25, -0.2) is 0 Å². The fourth-order valence-electron chi connectivity index (χ4n) is 4.38. The monoisotopic (exact) mass is 329 g/mol. The molecule has 0 saturated heterocycles. The lowest BCUT2D eigenvalue weighted by Crippen LogP contribution is -2.48. The molecule has 0 radical (unpaired) electrons. The molecule has 2 aliphatic carbocycles. The van der Waals surface area contributed by atoms with Crippen molar-refractivity contribution in [3.8, 4) is 0 Å². The second-order valence-corrected chi connectivity index (χ2v) is 7.52. The molecule has 0 unspecified atom stereocenters. The Morgan fingerprint density at radius 2 is 1.79 bits per heavy atom. The summed E-state index contributed by atoms with van der Waals surface area (Å²) in [5, 5.41) is 12.4. The number of benzene rings is 1. The molecule has 0 heterocycles. The number of rotatable bonds is 4. The van der Waals surface area contributed by atoms with E-state index < -0.39 is 11.4 Å². The zero-order chi connectivity index (χ0) is 17.2. The van der Waals surface area contributed by atoms with E-state index in [0.29, 0.717) is 12.8 Å². The number of carbonyl (C=O) groups is 2. The highest BCUT2D eigenvalue weighted by atomic mass is 16.4. The lowest BCUT2D eigenvalue weighted by molar-refractivity contribution is -0.142. The van der Waals surface area contributed by atoms with E-state index in [1.54, 1.807) is 0 Å². The van der Waals surface area contributed by atoms with Crippen LogP contribution in [0.1, 0.15) is 62.5 Å². The number of carbonyl (C=O) groups excluding carboxylic acids is 1. The summed E-state index contributed by atoms with van der Waals surface area (Å²) in [4.78, 5) is 24.2. The van der Waals surface area contributed by atoms with Crippen molar-refractivity contribution in [1.82, 2.24) is 5.32 Å². The molecule has 2 saturated carbocycles. The summed E-state index contributed by atoms with van der Waals surface area (Å²) in [7, 11) is 0. The van der Waals surface area contributed by atoms with Gasteiger partial charge in [-0.05, 0) is 51.0 Å². The first kappa shape index (κ1) is 17.0. The van der Waals surface area contributed by atoms with E-state index in [1.807, 2.05) is 6.07 Å². The number of carboxylic acid groups (broad SMARTS) is 1. The van der Waals surface area contributed by atoms with E-state index in [0.717, 1.165) is 44.1 Å². The third kappa shape index (κ3) is 3.33. The van der Waals surface area contributed by atoms with Crippen molar-refractivity contribution >= 4 is 11.9 Å². The fourth-order valence-corrected chi connectivity index (χ4v) is 4.38. The summed E-state index contributed by atoms with van der Waals surface area (Å²) in [6.07, 6.45) is 6.87. The van der Waals surface area contributed by atoms with Gasteiger partial charge in [0.15, 0.2) is 0 Å². The topological polar surface area (TPSA) is 66.4 Å². The Bertz CT molecular complexity index is 611. The minimum Gasteiger partial charge on any atom is -0.481 e. The van der Waals surface area contributed by atoms with Crippen molar-refractivity contribution in [3.63, 3.8) is 0 Å². The van der Waals surface area contributed by atoms with Gasteiger partial charge in [-0.2, -0.15) is 0 Å². The molecule has 1 aromatic rings.